The van der Waals surface area contributed by atoms with E-state index in [-0.39, 0.29) is 18.3 Å². The fourth-order valence-electron chi connectivity index (χ4n) is 3.93. The van der Waals surface area contributed by atoms with E-state index in [1.54, 1.807) is 22.8 Å². The lowest BCUT2D eigenvalue weighted by molar-refractivity contribution is -0.455. The molecule has 3 aromatic carbocycles. The van der Waals surface area contributed by atoms with Gasteiger partial charge in [-0.3, -0.25) is 0 Å². The van der Waals surface area contributed by atoms with Gasteiger partial charge in [-0.15, -0.1) is 11.8 Å². The highest BCUT2D eigenvalue weighted by Gasteiger charge is 2.52. The number of rotatable bonds is 4. The first-order chi connectivity index (χ1) is 15.0. The van der Waals surface area contributed by atoms with Crippen molar-refractivity contribution in [2.75, 3.05) is 0 Å². The van der Waals surface area contributed by atoms with Crippen LogP contribution in [-0.4, -0.2) is 32.4 Å². The minimum Gasteiger partial charge on any atom is -0.245 e. The molecule has 3 aromatic rings. The van der Waals surface area contributed by atoms with Crippen LogP contribution in [0.25, 0.3) is 0 Å². The number of carbonyl (C=O) groups is 2. The number of thioether (sulfide) groups is 1. The Morgan fingerprint density at radius 3 is 2.52 bits per heavy atom. The fraction of sp³-hybridized carbons (Fsp3) is 0.125. The smallest absolute Gasteiger partial charge is 0.245 e. The summed E-state index contributed by atoms with van der Waals surface area (Å²) in [5, 5.41) is 0.0821. The van der Waals surface area contributed by atoms with Crippen LogP contribution in [0.1, 0.15) is 16.7 Å². The maximum atomic E-state index is 13.5. The standard InChI is InChI=1S/C24H17ClFN2O2S/c25-17-5-3-4-16(12-17)14-27-21-19-6-1-2-7-20(19)31-22(21)23(29)28(24(27)30)13-15-8-10-18(26)11-9-15/h1-12,22H,13-14H2/q+1. The van der Waals surface area contributed by atoms with Gasteiger partial charge in [-0.05, 0) is 47.5 Å². The van der Waals surface area contributed by atoms with Gasteiger partial charge < -0.3 is 0 Å². The van der Waals surface area contributed by atoms with Crippen LogP contribution in [0.2, 0.25) is 5.02 Å². The lowest BCUT2D eigenvalue weighted by Crippen LogP contribution is -2.54. The van der Waals surface area contributed by atoms with Crippen LogP contribution in [-0.2, 0) is 17.9 Å². The van der Waals surface area contributed by atoms with Crippen molar-refractivity contribution in [3.05, 3.63) is 100 Å². The molecule has 0 aromatic heterocycles. The van der Waals surface area contributed by atoms with Crippen molar-refractivity contribution >= 4 is 41.0 Å². The molecule has 0 saturated carbocycles. The van der Waals surface area contributed by atoms with Gasteiger partial charge in [0.05, 0.1) is 0 Å². The van der Waals surface area contributed by atoms with Crippen LogP contribution in [0.15, 0.2) is 77.7 Å². The van der Waals surface area contributed by atoms with Gasteiger partial charge in [0.15, 0.2) is 5.25 Å². The number of amides is 3. The summed E-state index contributed by atoms with van der Waals surface area (Å²) in [6.45, 7) is 0.387. The van der Waals surface area contributed by atoms with E-state index in [1.807, 2.05) is 42.5 Å². The van der Waals surface area contributed by atoms with Crippen molar-refractivity contribution in [2.24, 2.45) is 0 Å². The minimum atomic E-state index is -0.505. The number of carbonyl (C=O) groups excluding carboxylic acids is 2. The Bertz CT molecular complexity index is 1240. The lowest BCUT2D eigenvalue weighted by atomic mass is 10.0. The molecule has 1 unspecified atom stereocenters. The molecule has 0 aliphatic carbocycles. The Morgan fingerprint density at radius 1 is 0.968 bits per heavy atom. The molecule has 154 valence electrons. The number of hydrogen-bond acceptors (Lipinski definition) is 3. The number of hydrogen-bond donors (Lipinski definition) is 0. The maximum absolute atomic E-state index is 13.5. The second-order valence-electron chi connectivity index (χ2n) is 7.43. The van der Waals surface area contributed by atoms with Crippen molar-refractivity contribution in [3.63, 3.8) is 0 Å². The van der Waals surface area contributed by atoms with E-state index in [0.717, 1.165) is 16.0 Å². The highest BCUT2D eigenvalue weighted by atomic mass is 35.5. The third-order valence-corrected chi connectivity index (χ3v) is 6.89. The average Bonchev–Trinajstić information content (AvgIpc) is 3.15. The highest BCUT2D eigenvalue weighted by Crippen LogP contribution is 2.40. The van der Waals surface area contributed by atoms with Crippen LogP contribution < -0.4 is 0 Å². The van der Waals surface area contributed by atoms with Crippen LogP contribution in [0.5, 0.6) is 0 Å². The Kier molecular flexibility index (Phi) is 5.12. The van der Waals surface area contributed by atoms with E-state index in [1.165, 1.54) is 28.8 Å². The summed E-state index contributed by atoms with van der Waals surface area (Å²) in [5.74, 6) is -0.618. The molecule has 0 N–H and O–H groups in total. The van der Waals surface area contributed by atoms with Crippen LogP contribution >= 0.6 is 23.4 Å². The van der Waals surface area contributed by atoms with Gasteiger partial charge in [-0.1, -0.05) is 48.0 Å². The van der Waals surface area contributed by atoms with Gasteiger partial charge in [-0.2, -0.15) is 14.3 Å². The monoisotopic (exact) mass is 451 g/mol. The highest BCUT2D eigenvalue weighted by molar-refractivity contribution is 8.02. The molecule has 5 rings (SSSR count). The Hall–Kier alpha value is -2.96. The summed E-state index contributed by atoms with van der Waals surface area (Å²) >= 11 is 7.61. The summed E-state index contributed by atoms with van der Waals surface area (Å²) in [6, 6.07) is 20.5. The van der Waals surface area contributed by atoms with Crippen molar-refractivity contribution in [3.8, 4) is 0 Å². The second-order valence-corrected chi connectivity index (χ2v) is 9.01. The molecule has 0 saturated heterocycles. The van der Waals surface area contributed by atoms with Gasteiger partial charge >= 0.3 is 11.9 Å². The summed E-state index contributed by atoms with van der Waals surface area (Å²) in [5.41, 5.74) is 3.18. The zero-order valence-electron chi connectivity index (χ0n) is 16.3. The first-order valence-electron chi connectivity index (χ1n) is 9.76. The SMILES string of the molecule is O=C1C2Sc3ccccc3C2=[N+](Cc2cccc(Cl)c2)C(=O)N1Cc1ccc(F)cc1. The van der Waals surface area contributed by atoms with E-state index in [4.69, 9.17) is 11.6 Å². The topological polar surface area (TPSA) is 40.4 Å². The molecule has 2 aliphatic heterocycles. The molecule has 3 amide bonds. The largest absolute Gasteiger partial charge is 0.501 e. The number of benzene rings is 3. The summed E-state index contributed by atoms with van der Waals surface area (Å²) in [4.78, 5) is 29.1. The van der Waals surface area contributed by atoms with Crippen LogP contribution in [0.3, 0.4) is 0 Å². The molecule has 2 aliphatic rings. The van der Waals surface area contributed by atoms with Gasteiger partial charge in [0.25, 0.3) is 0 Å². The van der Waals surface area contributed by atoms with Crippen molar-refractivity contribution in [1.82, 2.24) is 4.90 Å². The van der Waals surface area contributed by atoms with Gasteiger partial charge in [0.1, 0.15) is 24.6 Å². The van der Waals surface area contributed by atoms with E-state index in [2.05, 4.69) is 0 Å². The van der Waals surface area contributed by atoms with Crippen molar-refractivity contribution in [1.29, 1.82) is 0 Å². The lowest BCUT2D eigenvalue weighted by Gasteiger charge is -2.25. The third-order valence-electron chi connectivity index (χ3n) is 5.38. The summed E-state index contributed by atoms with van der Waals surface area (Å²) in [6.07, 6.45) is 0. The molecular formula is C24H17ClFN2O2S+. The normalized spacial score (nSPS) is 17.7. The van der Waals surface area contributed by atoms with Gasteiger partial charge in [0.2, 0.25) is 0 Å². The Labute approximate surface area is 188 Å². The molecular weight excluding hydrogens is 435 g/mol. The average molecular weight is 452 g/mol. The predicted octanol–water partition coefficient (Wildman–Crippen LogP) is 5.12. The summed E-state index contributed by atoms with van der Waals surface area (Å²) < 4.78 is 15.0. The zero-order chi connectivity index (χ0) is 21.5. The first-order valence-corrected chi connectivity index (χ1v) is 11.0. The molecule has 7 heteroatoms. The molecule has 0 fully saturated rings. The van der Waals surface area contributed by atoms with E-state index in [0.29, 0.717) is 22.8 Å². The number of imide groups is 1. The Morgan fingerprint density at radius 2 is 1.74 bits per heavy atom. The zero-order valence-corrected chi connectivity index (χ0v) is 17.9. The van der Waals surface area contributed by atoms with Crippen molar-refractivity contribution in [2.45, 2.75) is 23.2 Å². The molecule has 0 radical (unpaired) electrons. The number of urea groups is 1. The number of halogens is 2. The number of nitrogens with zero attached hydrogens (tertiary/aromatic N) is 2. The minimum absolute atomic E-state index is 0.0880. The first kappa shape index (κ1) is 20.0. The van der Waals surface area contributed by atoms with Crippen molar-refractivity contribution < 1.29 is 18.6 Å². The van der Waals surface area contributed by atoms with E-state index >= 15 is 0 Å². The molecule has 1 atom stereocenters. The second kappa shape index (κ2) is 7.94. The third kappa shape index (κ3) is 3.66. The molecule has 4 nitrogen and oxygen atoms in total. The van der Waals surface area contributed by atoms with E-state index < -0.39 is 11.3 Å². The predicted molar refractivity (Wildman–Crippen MR) is 118 cm³/mol. The molecule has 2 heterocycles. The molecule has 31 heavy (non-hydrogen) atoms. The van der Waals surface area contributed by atoms with Gasteiger partial charge in [-0.25, -0.2) is 9.18 Å². The van der Waals surface area contributed by atoms with E-state index in [9.17, 15) is 14.0 Å². The molecule has 0 bridgehead atoms. The maximum Gasteiger partial charge on any atom is 0.501 e. The van der Waals surface area contributed by atoms with Crippen LogP contribution in [0.4, 0.5) is 9.18 Å². The fourth-order valence-corrected chi connectivity index (χ4v) is 5.45. The van der Waals surface area contributed by atoms with Gasteiger partial charge in [0, 0.05) is 15.5 Å². The Balaban J connectivity index is 1.59. The van der Waals surface area contributed by atoms with Crippen LogP contribution in [0, 0.1) is 5.82 Å². The quantitative estimate of drug-likeness (QED) is 0.517. The summed E-state index contributed by atoms with van der Waals surface area (Å²) in [7, 11) is 0. The molecule has 0 spiro atoms. The number of fused-ring (bicyclic) bond motifs is 3.